The molecule has 0 aromatic rings. The number of methoxy groups -OCH3 is 1. The Bertz CT molecular complexity index is 259. The summed E-state index contributed by atoms with van der Waals surface area (Å²) in [6.45, 7) is 7.02. The molecule has 0 aliphatic carbocycles. The van der Waals surface area contributed by atoms with E-state index in [4.69, 9.17) is 9.84 Å². The first-order valence-electron chi connectivity index (χ1n) is 6.74. The summed E-state index contributed by atoms with van der Waals surface area (Å²) < 4.78 is 4.86. The summed E-state index contributed by atoms with van der Waals surface area (Å²) in [6, 6.07) is 0.733. The van der Waals surface area contributed by atoms with Gasteiger partial charge in [-0.25, -0.2) is 0 Å². The third kappa shape index (κ3) is 4.55. The summed E-state index contributed by atoms with van der Waals surface area (Å²) in [5.41, 5.74) is 0. The van der Waals surface area contributed by atoms with E-state index in [2.05, 4.69) is 24.1 Å². The molecule has 0 spiro atoms. The van der Waals surface area contributed by atoms with Crippen LogP contribution in [-0.4, -0.2) is 61.4 Å². The van der Waals surface area contributed by atoms with Gasteiger partial charge in [-0.05, 0) is 33.2 Å². The van der Waals surface area contributed by atoms with Gasteiger partial charge >= 0.3 is 5.97 Å². The van der Waals surface area contributed by atoms with Gasteiger partial charge in [0.05, 0.1) is 13.0 Å². The van der Waals surface area contributed by atoms with E-state index in [1.165, 1.54) is 7.11 Å². The second-order valence-corrected chi connectivity index (χ2v) is 5.23. The van der Waals surface area contributed by atoms with Crippen LogP contribution in [0.3, 0.4) is 0 Å². The average Bonchev–Trinajstić information content (AvgIpc) is 2.37. The fraction of sp³-hybridized carbons (Fsp3) is 0.923. The van der Waals surface area contributed by atoms with E-state index >= 15 is 0 Å². The number of esters is 1. The van der Waals surface area contributed by atoms with Gasteiger partial charge < -0.3 is 15.2 Å². The van der Waals surface area contributed by atoms with Crippen molar-refractivity contribution in [2.45, 2.75) is 38.8 Å². The van der Waals surface area contributed by atoms with Gasteiger partial charge in [-0.15, -0.1) is 0 Å². The molecule has 1 fully saturated rings. The minimum absolute atomic E-state index is 0.0437. The number of hydrogen-bond donors (Lipinski definition) is 2. The van der Waals surface area contributed by atoms with Crippen molar-refractivity contribution in [3.63, 3.8) is 0 Å². The van der Waals surface area contributed by atoms with Crippen molar-refractivity contribution in [3.8, 4) is 0 Å². The van der Waals surface area contributed by atoms with E-state index in [1.807, 2.05) is 0 Å². The van der Waals surface area contributed by atoms with Gasteiger partial charge in [0.1, 0.15) is 0 Å². The summed E-state index contributed by atoms with van der Waals surface area (Å²) in [6.07, 6.45) is 1.57. The van der Waals surface area contributed by atoms with Gasteiger partial charge in [-0.2, -0.15) is 0 Å². The topological polar surface area (TPSA) is 61.8 Å². The van der Waals surface area contributed by atoms with Crippen LogP contribution in [0.1, 0.15) is 26.7 Å². The van der Waals surface area contributed by atoms with E-state index in [9.17, 15) is 4.79 Å². The summed E-state index contributed by atoms with van der Waals surface area (Å²) in [5, 5.41) is 12.2. The predicted octanol–water partition coefficient (Wildman–Crippen LogP) is 0.230. The second kappa shape index (κ2) is 7.71. The van der Waals surface area contributed by atoms with E-state index in [-0.39, 0.29) is 18.5 Å². The summed E-state index contributed by atoms with van der Waals surface area (Å²) >= 11 is 0. The number of nitrogens with one attached hydrogen (secondary N) is 1. The van der Waals surface area contributed by atoms with Crippen LogP contribution in [0.25, 0.3) is 0 Å². The second-order valence-electron chi connectivity index (χ2n) is 5.23. The van der Waals surface area contributed by atoms with Crippen molar-refractivity contribution in [2.75, 3.05) is 33.4 Å². The molecule has 0 bridgehead atoms. The Morgan fingerprint density at radius 3 is 2.78 bits per heavy atom. The zero-order chi connectivity index (χ0) is 13.5. The first-order valence-corrected chi connectivity index (χ1v) is 6.74. The van der Waals surface area contributed by atoms with E-state index in [1.54, 1.807) is 0 Å². The molecule has 5 nitrogen and oxygen atoms in total. The molecule has 1 aliphatic rings. The standard InChI is InChI=1S/C13H26N2O3/c1-10(2)15-8-11(13(17)18-3)7-12(9-15)14-5-4-6-16/h10-12,14,16H,4-9H2,1-3H3. The maximum Gasteiger partial charge on any atom is 0.310 e. The highest BCUT2D eigenvalue weighted by atomic mass is 16.5. The van der Waals surface area contributed by atoms with Gasteiger partial charge in [0.2, 0.25) is 0 Å². The molecule has 0 aromatic heterocycles. The number of aliphatic hydroxyl groups excluding tert-OH is 1. The van der Waals surface area contributed by atoms with Crippen molar-refractivity contribution in [3.05, 3.63) is 0 Å². The lowest BCUT2D eigenvalue weighted by atomic mass is 9.93. The lowest BCUT2D eigenvalue weighted by Gasteiger charge is -2.39. The van der Waals surface area contributed by atoms with Gasteiger partial charge in [-0.1, -0.05) is 0 Å². The van der Waals surface area contributed by atoms with Crippen LogP contribution in [0.4, 0.5) is 0 Å². The van der Waals surface area contributed by atoms with Crippen molar-refractivity contribution < 1.29 is 14.6 Å². The monoisotopic (exact) mass is 258 g/mol. The molecule has 0 radical (unpaired) electrons. The van der Waals surface area contributed by atoms with Gasteiger partial charge in [-0.3, -0.25) is 9.69 Å². The first-order chi connectivity index (χ1) is 8.58. The number of rotatable bonds is 6. The molecule has 2 N–H and O–H groups in total. The summed E-state index contributed by atoms with van der Waals surface area (Å²) in [7, 11) is 1.45. The van der Waals surface area contributed by atoms with Gasteiger partial charge in [0, 0.05) is 31.8 Å². The molecule has 1 aliphatic heterocycles. The van der Waals surface area contributed by atoms with Crippen LogP contribution in [0.5, 0.6) is 0 Å². The number of likely N-dealkylation sites (tertiary alicyclic amines) is 1. The molecule has 0 saturated carbocycles. The van der Waals surface area contributed by atoms with Crippen molar-refractivity contribution in [1.82, 2.24) is 10.2 Å². The highest BCUT2D eigenvalue weighted by molar-refractivity contribution is 5.72. The van der Waals surface area contributed by atoms with Crippen LogP contribution < -0.4 is 5.32 Å². The Kier molecular flexibility index (Phi) is 6.60. The lowest BCUT2D eigenvalue weighted by Crippen LogP contribution is -2.53. The lowest BCUT2D eigenvalue weighted by molar-refractivity contribution is -0.148. The molecular formula is C13H26N2O3. The Morgan fingerprint density at radius 2 is 2.22 bits per heavy atom. The number of piperidine rings is 1. The van der Waals surface area contributed by atoms with E-state index in [0.717, 1.165) is 32.5 Å². The quantitative estimate of drug-likeness (QED) is 0.527. The van der Waals surface area contributed by atoms with Crippen LogP contribution in [0.2, 0.25) is 0 Å². The third-order valence-corrected chi connectivity index (χ3v) is 3.51. The predicted molar refractivity (Wildman–Crippen MR) is 70.3 cm³/mol. The zero-order valence-corrected chi connectivity index (χ0v) is 11.7. The molecular weight excluding hydrogens is 232 g/mol. The number of carbonyl (C=O) groups is 1. The Labute approximate surface area is 109 Å². The molecule has 0 aromatic carbocycles. The molecule has 1 heterocycles. The Morgan fingerprint density at radius 1 is 1.50 bits per heavy atom. The number of hydrogen-bond acceptors (Lipinski definition) is 5. The molecule has 106 valence electrons. The largest absolute Gasteiger partial charge is 0.469 e. The number of ether oxygens (including phenoxy) is 1. The van der Waals surface area contributed by atoms with Gasteiger partial charge in [0.25, 0.3) is 0 Å². The smallest absolute Gasteiger partial charge is 0.310 e. The van der Waals surface area contributed by atoms with Crippen LogP contribution >= 0.6 is 0 Å². The first kappa shape index (κ1) is 15.4. The molecule has 0 amide bonds. The molecule has 1 rings (SSSR count). The van der Waals surface area contributed by atoms with Gasteiger partial charge in [0.15, 0.2) is 0 Å². The normalized spacial score (nSPS) is 25.4. The SMILES string of the molecule is COC(=O)C1CC(NCCCO)CN(C(C)C)C1. The molecule has 1 saturated heterocycles. The zero-order valence-electron chi connectivity index (χ0n) is 11.7. The molecule has 18 heavy (non-hydrogen) atoms. The molecule has 2 atom stereocenters. The number of aliphatic hydroxyl groups is 1. The Balaban J connectivity index is 2.53. The minimum Gasteiger partial charge on any atom is -0.469 e. The van der Waals surface area contributed by atoms with E-state index < -0.39 is 0 Å². The van der Waals surface area contributed by atoms with E-state index in [0.29, 0.717) is 12.1 Å². The Hall–Kier alpha value is -0.650. The van der Waals surface area contributed by atoms with Crippen molar-refractivity contribution in [2.24, 2.45) is 5.92 Å². The summed E-state index contributed by atoms with van der Waals surface area (Å²) in [4.78, 5) is 14.0. The van der Waals surface area contributed by atoms with Crippen LogP contribution in [0, 0.1) is 5.92 Å². The molecule has 2 unspecified atom stereocenters. The van der Waals surface area contributed by atoms with Crippen LogP contribution in [-0.2, 0) is 9.53 Å². The fourth-order valence-corrected chi connectivity index (χ4v) is 2.43. The fourth-order valence-electron chi connectivity index (χ4n) is 2.43. The van der Waals surface area contributed by atoms with Crippen molar-refractivity contribution >= 4 is 5.97 Å². The third-order valence-electron chi connectivity index (χ3n) is 3.51. The summed E-state index contributed by atoms with van der Waals surface area (Å²) in [5.74, 6) is -0.160. The maximum atomic E-state index is 11.7. The minimum atomic E-state index is -0.116. The highest BCUT2D eigenvalue weighted by Gasteiger charge is 2.32. The highest BCUT2D eigenvalue weighted by Crippen LogP contribution is 2.20. The average molecular weight is 258 g/mol. The number of nitrogens with zero attached hydrogens (tertiary/aromatic N) is 1. The molecule has 5 heteroatoms. The van der Waals surface area contributed by atoms with Crippen molar-refractivity contribution in [1.29, 1.82) is 0 Å². The number of carbonyl (C=O) groups excluding carboxylic acids is 1. The maximum absolute atomic E-state index is 11.7. The van der Waals surface area contributed by atoms with Crippen LogP contribution in [0.15, 0.2) is 0 Å².